The fourth-order valence-electron chi connectivity index (χ4n) is 3.68. The van der Waals surface area contributed by atoms with Gasteiger partial charge in [-0.15, -0.1) is 0 Å². The highest BCUT2D eigenvalue weighted by Gasteiger charge is 2.49. The SMILES string of the molecule is CC1(C)CC(=O)N(C(=O)[C@@H]2CC(c3ccc(Cl)cc3)=NO2)N1Cc1ccccc1. The zero-order valence-electron chi connectivity index (χ0n) is 16.3. The third-order valence-corrected chi connectivity index (χ3v) is 5.52. The van der Waals surface area contributed by atoms with Gasteiger partial charge in [-0.05, 0) is 37.1 Å². The van der Waals surface area contributed by atoms with Gasteiger partial charge in [0, 0.05) is 29.9 Å². The lowest BCUT2D eigenvalue weighted by Crippen LogP contribution is -2.52. The van der Waals surface area contributed by atoms with Gasteiger partial charge in [0.1, 0.15) is 0 Å². The van der Waals surface area contributed by atoms with Crippen molar-refractivity contribution in [3.63, 3.8) is 0 Å². The van der Waals surface area contributed by atoms with Crippen LogP contribution in [0.2, 0.25) is 5.02 Å². The van der Waals surface area contributed by atoms with E-state index in [1.807, 2.05) is 61.3 Å². The maximum absolute atomic E-state index is 13.2. The fourth-order valence-corrected chi connectivity index (χ4v) is 3.81. The van der Waals surface area contributed by atoms with Crippen molar-refractivity contribution >= 4 is 29.1 Å². The van der Waals surface area contributed by atoms with Crippen molar-refractivity contribution in [1.82, 2.24) is 10.0 Å². The number of hydrogen-bond donors (Lipinski definition) is 0. The maximum Gasteiger partial charge on any atom is 0.288 e. The van der Waals surface area contributed by atoms with Gasteiger partial charge in [0.15, 0.2) is 0 Å². The van der Waals surface area contributed by atoms with Crippen LogP contribution in [0.1, 0.15) is 37.8 Å². The number of amides is 2. The first-order valence-corrected chi connectivity index (χ1v) is 9.90. The molecule has 29 heavy (non-hydrogen) atoms. The standard InChI is InChI=1S/C22H22ClN3O3/c1-22(2)13-20(27)26(25(22)14-15-6-4-3-5-7-15)21(28)19-12-18(24-29-19)16-8-10-17(23)11-9-16/h3-11,19H,12-14H2,1-2H3/t19-/m0/s1. The van der Waals surface area contributed by atoms with Crippen molar-refractivity contribution in [3.8, 4) is 0 Å². The number of imide groups is 1. The van der Waals surface area contributed by atoms with Crippen molar-refractivity contribution in [1.29, 1.82) is 0 Å². The van der Waals surface area contributed by atoms with E-state index in [1.54, 1.807) is 12.1 Å². The predicted octanol–water partition coefficient (Wildman–Crippen LogP) is 3.79. The number of hydrogen-bond acceptors (Lipinski definition) is 5. The molecule has 0 aromatic heterocycles. The molecule has 1 fully saturated rings. The van der Waals surface area contributed by atoms with Gasteiger partial charge >= 0.3 is 0 Å². The van der Waals surface area contributed by atoms with Crippen LogP contribution in [0.3, 0.4) is 0 Å². The van der Waals surface area contributed by atoms with E-state index < -0.39 is 11.6 Å². The number of benzene rings is 2. The topological polar surface area (TPSA) is 62.2 Å². The number of carbonyl (C=O) groups is 2. The van der Waals surface area contributed by atoms with Crippen LogP contribution in [0, 0.1) is 0 Å². The molecule has 0 spiro atoms. The Hall–Kier alpha value is -2.70. The van der Waals surface area contributed by atoms with Gasteiger partial charge in [0.05, 0.1) is 5.71 Å². The first-order valence-electron chi connectivity index (χ1n) is 9.52. The number of rotatable bonds is 4. The van der Waals surface area contributed by atoms with Crippen LogP contribution in [0.15, 0.2) is 59.8 Å². The fraction of sp³-hybridized carbons (Fsp3) is 0.318. The van der Waals surface area contributed by atoms with Crippen molar-refractivity contribution in [2.75, 3.05) is 0 Å². The zero-order valence-corrected chi connectivity index (χ0v) is 17.1. The summed E-state index contributed by atoms with van der Waals surface area (Å²) in [5, 5.41) is 7.78. The molecule has 150 valence electrons. The molecule has 1 atom stereocenters. The number of halogens is 1. The number of carbonyl (C=O) groups excluding carboxylic acids is 2. The van der Waals surface area contributed by atoms with Crippen LogP contribution in [-0.4, -0.2) is 39.2 Å². The molecule has 0 aliphatic carbocycles. The van der Waals surface area contributed by atoms with Crippen molar-refractivity contribution < 1.29 is 14.4 Å². The monoisotopic (exact) mass is 411 g/mol. The summed E-state index contributed by atoms with van der Waals surface area (Å²) in [5.74, 6) is -0.608. The Bertz CT molecular complexity index is 957. The van der Waals surface area contributed by atoms with Gasteiger partial charge < -0.3 is 4.84 Å². The highest BCUT2D eigenvalue weighted by Crippen LogP contribution is 2.33. The Labute approximate surface area is 174 Å². The molecule has 0 unspecified atom stereocenters. The average Bonchev–Trinajstić information content (AvgIpc) is 3.26. The Morgan fingerprint density at radius 1 is 1.17 bits per heavy atom. The quantitative estimate of drug-likeness (QED) is 0.718. The van der Waals surface area contributed by atoms with Gasteiger partial charge in [-0.25, -0.2) is 10.0 Å². The number of nitrogens with zero attached hydrogens (tertiary/aromatic N) is 3. The van der Waals surface area contributed by atoms with Crippen molar-refractivity contribution in [2.45, 2.75) is 44.9 Å². The van der Waals surface area contributed by atoms with Crippen LogP contribution in [0.5, 0.6) is 0 Å². The van der Waals surface area contributed by atoms with E-state index in [2.05, 4.69) is 5.16 Å². The predicted molar refractivity (Wildman–Crippen MR) is 110 cm³/mol. The maximum atomic E-state index is 13.2. The molecule has 2 aromatic rings. The Morgan fingerprint density at radius 2 is 1.86 bits per heavy atom. The zero-order chi connectivity index (χ0) is 20.6. The van der Waals surface area contributed by atoms with Crippen LogP contribution >= 0.6 is 11.6 Å². The minimum absolute atomic E-state index is 0.223. The van der Waals surface area contributed by atoms with Gasteiger partial charge in [0.2, 0.25) is 12.0 Å². The normalized spacial score (nSPS) is 21.2. The second-order valence-electron chi connectivity index (χ2n) is 7.92. The van der Waals surface area contributed by atoms with Gasteiger partial charge in [0.25, 0.3) is 5.91 Å². The van der Waals surface area contributed by atoms with Crippen molar-refractivity contribution in [2.24, 2.45) is 5.16 Å². The van der Waals surface area contributed by atoms with E-state index in [4.69, 9.17) is 16.4 Å². The Morgan fingerprint density at radius 3 is 2.55 bits per heavy atom. The molecule has 0 bridgehead atoms. The van der Waals surface area contributed by atoms with E-state index in [-0.39, 0.29) is 18.2 Å². The summed E-state index contributed by atoms with van der Waals surface area (Å²) < 4.78 is 0. The molecule has 1 saturated heterocycles. The summed E-state index contributed by atoms with van der Waals surface area (Å²) in [6.45, 7) is 4.39. The first-order chi connectivity index (χ1) is 13.8. The molecule has 7 heteroatoms. The molecule has 2 heterocycles. The van der Waals surface area contributed by atoms with Crippen LogP contribution in [0.4, 0.5) is 0 Å². The minimum Gasteiger partial charge on any atom is -0.382 e. The van der Waals surface area contributed by atoms with Gasteiger partial charge in [-0.3, -0.25) is 9.59 Å². The minimum atomic E-state index is -0.822. The van der Waals surface area contributed by atoms with Gasteiger partial charge in [-0.1, -0.05) is 59.2 Å². The number of oxime groups is 1. The highest BCUT2D eigenvalue weighted by molar-refractivity contribution is 6.30. The summed E-state index contributed by atoms with van der Waals surface area (Å²) >= 11 is 5.93. The molecule has 6 nitrogen and oxygen atoms in total. The Kier molecular flexibility index (Phi) is 5.15. The first kappa shape index (κ1) is 19.6. The van der Waals surface area contributed by atoms with Crippen molar-refractivity contribution in [3.05, 3.63) is 70.7 Å². The van der Waals surface area contributed by atoms with Crippen LogP contribution in [-0.2, 0) is 21.0 Å². The third kappa shape index (κ3) is 3.91. The summed E-state index contributed by atoms with van der Waals surface area (Å²) in [6, 6.07) is 17.0. The molecular formula is C22H22ClN3O3. The Balaban J connectivity index is 1.52. The molecular weight excluding hydrogens is 390 g/mol. The second-order valence-corrected chi connectivity index (χ2v) is 8.36. The molecule has 2 aromatic carbocycles. The molecule has 2 aliphatic rings. The van der Waals surface area contributed by atoms with E-state index in [1.165, 1.54) is 5.01 Å². The van der Waals surface area contributed by atoms with E-state index >= 15 is 0 Å². The molecule has 2 amide bonds. The lowest BCUT2D eigenvalue weighted by Gasteiger charge is -2.35. The lowest BCUT2D eigenvalue weighted by atomic mass is 10.0. The molecule has 4 rings (SSSR count). The highest BCUT2D eigenvalue weighted by atomic mass is 35.5. The van der Waals surface area contributed by atoms with Crippen LogP contribution < -0.4 is 0 Å². The smallest absolute Gasteiger partial charge is 0.288 e. The van der Waals surface area contributed by atoms with Gasteiger partial charge in [-0.2, -0.15) is 0 Å². The molecule has 2 aliphatic heterocycles. The lowest BCUT2D eigenvalue weighted by molar-refractivity contribution is -0.169. The molecule has 0 radical (unpaired) electrons. The average molecular weight is 412 g/mol. The van der Waals surface area contributed by atoms with Crippen LogP contribution in [0.25, 0.3) is 0 Å². The summed E-state index contributed by atoms with van der Waals surface area (Å²) in [5.41, 5.74) is 2.07. The van der Waals surface area contributed by atoms with E-state index in [9.17, 15) is 9.59 Å². The van der Waals surface area contributed by atoms with E-state index in [0.717, 1.165) is 11.1 Å². The summed E-state index contributed by atoms with van der Waals surface area (Å²) in [6.07, 6.45) is -0.246. The molecule has 0 N–H and O–H groups in total. The summed E-state index contributed by atoms with van der Waals surface area (Å²) in [4.78, 5) is 31.4. The van der Waals surface area contributed by atoms with E-state index in [0.29, 0.717) is 23.7 Å². The second kappa shape index (κ2) is 7.61. The third-order valence-electron chi connectivity index (χ3n) is 5.27. The summed E-state index contributed by atoms with van der Waals surface area (Å²) in [7, 11) is 0. The largest absolute Gasteiger partial charge is 0.382 e. The number of hydrazine groups is 1. The molecule has 0 saturated carbocycles.